The smallest absolute Gasteiger partial charge is 0.0558 e. The molecule has 0 bridgehead atoms. The number of pyridine rings is 1. The van der Waals surface area contributed by atoms with E-state index in [0.29, 0.717) is 0 Å². The van der Waals surface area contributed by atoms with Gasteiger partial charge in [0.1, 0.15) is 0 Å². The fraction of sp³-hybridized carbons (Fsp3) is 0.667. The molecule has 4 heteroatoms. The predicted octanol–water partition coefficient (Wildman–Crippen LogP) is 2.70. The molecule has 2 fully saturated rings. The molecule has 3 nitrogen and oxygen atoms in total. The molecule has 0 amide bonds. The Morgan fingerprint density at radius 2 is 2.16 bits per heavy atom. The van der Waals surface area contributed by atoms with E-state index in [1.165, 1.54) is 45.3 Å². The topological polar surface area (TPSA) is 28.2 Å². The Bertz CT molecular complexity index is 410. The molecule has 2 saturated heterocycles. The molecule has 1 unspecified atom stereocenters. The summed E-state index contributed by atoms with van der Waals surface area (Å²) >= 11 is 6.01. The first-order valence-corrected chi connectivity index (χ1v) is 7.75. The standard InChI is InChI=1S/C15H22ClN3/c16-13-3-7-17-14(10-13)11-19-8-4-12(5-9-19)15-2-1-6-18-15/h3,7,10,12,15,18H,1-2,4-6,8-9,11H2. The maximum Gasteiger partial charge on any atom is 0.0558 e. The summed E-state index contributed by atoms with van der Waals surface area (Å²) in [5, 5.41) is 4.44. The molecular weight excluding hydrogens is 258 g/mol. The molecule has 0 radical (unpaired) electrons. The van der Waals surface area contributed by atoms with E-state index in [-0.39, 0.29) is 0 Å². The quantitative estimate of drug-likeness (QED) is 0.922. The second kappa shape index (κ2) is 6.21. The first-order chi connectivity index (χ1) is 9.31. The third kappa shape index (κ3) is 3.47. The van der Waals surface area contributed by atoms with Gasteiger partial charge in [-0.1, -0.05) is 11.6 Å². The fourth-order valence-corrected chi connectivity index (χ4v) is 3.57. The molecule has 3 rings (SSSR count). The van der Waals surface area contributed by atoms with Crippen LogP contribution < -0.4 is 5.32 Å². The van der Waals surface area contributed by atoms with Gasteiger partial charge in [0.25, 0.3) is 0 Å². The van der Waals surface area contributed by atoms with E-state index in [9.17, 15) is 0 Å². The van der Waals surface area contributed by atoms with E-state index in [1.807, 2.05) is 12.1 Å². The zero-order valence-electron chi connectivity index (χ0n) is 11.3. The number of piperidine rings is 1. The van der Waals surface area contributed by atoms with Gasteiger partial charge in [0, 0.05) is 23.8 Å². The Hall–Kier alpha value is -0.640. The summed E-state index contributed by atoms with van der Waals surface area (Å²) in [4.78, 5) is 6.90. The van der Waals surface area contributed by atoms with Gasteiger partial charge in [-0.25, -0.2) is 0 Å². The average Bonchev–Trinajstić information content (AvgIpc) is 2.94. The highest BCUT2D eigenvalue weighted by Gasteiger charge is 2.28. The predicted molar refractivity (Wildman–Crippen MR) is 78.3 cm³/mol. The molecule has 19 heavy (non-hydrogen) atoms. The number of aromatic nitrogens is 1. The largest absolute Gasteiger partial charge is 0.314 e. The minimum atomic E-state index is 0.784. The van der Waals surface area contributed by atoms with Crippen molar-refractivity contribution in [1.82, 2.24) is 15.2 Å². The van der Waals surface area contributed by atoms with E-state index >= 15 is 0 Å². The van der Waals surface area contributed by atoms with Crippen molar-refractivity contribution in [2.24, 2.45) is 5.92 Å². The molecule has 0 aromatic carbocycles. The molecule has 2 aliphatic rings. The van der Waals surface area contributed by atoms with Gasteiger partial charge in [0.2, 0.25) is 0 Å². The van der Waals surface area contributed by atoms with Crippen molar-refractivity contribution in [3.8, 4) is 0 Å². The molecule has 1 aromatic rings. The van der Waals surface area contributed by atoms with Crippen molar-refractivity contribution in [3.63, 3.8) is 0 Å². The first-order valence-electron chi connectivity index (χ1n) is 7.37. The third-order valence-electron chi connectivity index (χ3n) is 4.46. The van der Waals surface area contributed by atoms with Crippen LogP contribution in [0.25, 0.3) is 0 Å². The molecule has 1 N–H and O–H groups in total. The number of nitrogens with one attached hydrogen (secondary N) is 1. The summed E-state index contributed by atoms with van der Waals surface area (Å²) in [6.07, 6.45) is 7.17. The van der Waals surface area contributed by atoms with Crippen LogP contribution in [0.3, 0.4) is 0 Å². The average molecular weight is 280 g/mol. The van der Waals surface area contributed by atoms with Crippen molar-refractivity contribution in [2.75, 3.05) is 19.6 Å². The van der Waals surface area contributed by atoms with Crippen LogP contribution in [0.15, 0.2) is 18.3 Å². The number of halogens is 1. The number of hydrogen-bond acceptors (Lipinski definition) is 3. The molecule has 0 saturated carbocycles. The van der Waals surface area contributed by atoms with Gasteiger partial charge in [0.05, 0.1) is 5.69 Å². The van der Waals surface area contributed by atoms with Crippen LogP contribution >= 0.6 is 11.6 Å². The van der Waals surface area contributed by atoms with E-state index in [4.69, 9.17) is 11.6 Å². The lowest BCUT2D eigenvalue weighted by molar-refractivity contribution is 0.156. The van der Waals surface area contributed by atoms with Gasteiger partial charge in [0.15, 0.2) is 0 Å². The number of rotatable bonds is 3. The second-order valence-corrected chi connectivity index (χ2v) is 6.22. The summed E-state index contributed by atoms with van der Waals surface area (Å²) in [7, 11) is 0. The summed E-state index contributed by atoms with van der Waals surface area (Å²) in [5.74, 6) is 0.881. The summed E-state index contributed by atoms with van der Waals surface area (Å²) < 4.78 is 0. The maximum absolute atomic E-state index is 6.01. The Balaban J connectivity index is 1.50. The van der Waals surface area contributed by atoms with E-state index in [2.05, 4.69) is 15.2 Å². The van der Waals surface area contributed by atoms with Crippen LogP contribution in [0, 0.1) is 5.92 Å². The summed E-state index contributed by atoms with van der Waals surface area (Å²) in [5.41, 5.74) is 1.09. The highest BCUT2D eigenvalue weighted by molar-refractivity contribution is 6.30. The molecule has 2 aliphatic heterocycles. The molecule has 1 aromatic heterocycles. The SMILES string of the molecule is Clc1ccnc(CN2CCC(C3CCCN3)CC2)c1. The third-order valence-corrected chi connectivity index (χ3v) is 4.70. The number of hydrogen-bond donors (Lipinski definition) is 1. The van der Waals surface area contributed by atoms with Crippen LogP contribution in [0.4, 0.5) is 0 Å². The van der Waals surface area contributed by atoms with Crippen molar-refractivity contribution < 1.29 is 0 Å². The maximum atomic E-state index is 6.01. The van der Waals surface area contributed by atoms with Crippen molar-refractivity contribution in [1.29, 1.82) is 0 Å². The second-order valence-electron chi connectivity index (χ2n) is 5.78. The molecule has 1 atom stereocenters. The minimum Gasteiger partial charge on any atom is -0.314 e. The van der Waals surface area contributed by atoms with Crippen molar-refractivity contribution >= 4 is 11.6 Å². The summed E-state index contributed by atoms with van der Waals surface area (Å²) in [6, 6.07) is 4.60. The highest BCUT2D eigenvalue weighted by atomic mass is 35.5. The van der Waals surface area contributed by atoms with Gasteiger partial charge < -0.3 is 5.32 Å². The van der Waals surface area contributed by atoms with Gasteiger partial charge in [-0.05, 0) is 63.4 Å². The zero-order valence-corrected chi connectivity index (χ0v) is 12.1. The molecule has 0 aliphatic carbocycles. The lowest BCUT2D eigenvalue weighted by Gasteiger charge is -2.34. The molecular formula is C15H22ClN3. The lowest BCUT2D eigenvalue weighted by Crippen LogP contribution is -2.40. The number of likely N-dealkylation sites (tertiary alicyclic amines) is 1. The Morgan fingerprint density at radius 3 is 2.84 bits per heavy atom. The molecule has 3 heterocycles. The minimum absolute atomic E-state index is 0.784. The van der Waals surface area contributed by atoms with E-state index < -0.39 is 0 Å². The Labute approximate surface area is 120 Å². The first kappa shape index (κ1) is 13.3. The normalized spacial score (nSPS) is 25.8. The van der Waals surface area contributed by atoms with Crippen LogP contribution in [0.5, 0.6) is 0 Å². The molecule has 0 spiro atoms. The Kier molecular flexibility index (Phi) is 4.36. The number of nitrogens with zero attached hydrogens (tertiary/aromatic N) is 2. The zero-order chi connectivity index (χ0) is 13.1. The Morgan fingerprint density at radius 1 is 1.32 bits per heavy atom. The summed E-state index contributed by atoms with van der Waals surface area (Å²) in [6.45, 7) is 4.54. The highest BCUT2D eigenvalue weighted by Crippen LogP contribution is 2.26. The van der Waals surface area contributed by atoms with Crippen LogP contribution in [-0.4, -0.2) is 35.6 Å². The van der Waals surface area contributed by atoms with E-state index in [1.54, 1.807) is 6.20 Å². The fourth-order valence-electron chi connectivity index (χ4n) is 3.39. The van der Waals surface area contributed by atoms with Crippen LogP contribution in [0.2, 0.25) is 5.02 Å². The van der Waals surface area contributed by atoms with Crippen molar-refractivity contribution in [3.05, 3.63) is 29.0 Å². The van der Waals surface area contributed by atoms with Gasteiger partial charge in [-0.15, -0.1) is 0 Å². The van der Waals surface area contributed by atoms with Crippen LogP contribution in [-0.2, 0) is 6.54 Å². The monoisotopic (exact) mass is 279 g/mol. The van der Waals surface area contributed by atoms with Crippen LogP contribution in [0.1, 0.15) is 31.4 Å². The van der Waals surface area contributed by atoms with Gasteiger partial charge in [-0.2, -0.15) is 0 Å². The van der Waals surface area contributed by atoms with Gasteiger partial charge in [-0.3, -0.25) is 9.88 Å². The van der Waals surface area contributed by atoms with Gasteiger partial charge >= 0.3 is 0 Å². The van der Waals surface area contributed by atoms with E-state index in [0.717, 1.165) is 29.2 Å². The molecule has 104 valence electrons. The van der Waals surface area contributed by atoms with Crippen molar-refractivity contribution in [2.45, 2.75) is 38.3 Å². The lowest BCUT2D eigenvalue weighted by atomic mass is 9.88.